The topological polar surface area (TPSA) is 61.4 Å². The molecule has 0 aromatic carbocycles. The summed E-state index contributed by atoms with van der Waals surface area (Å²) < 4.78 is 4.02. The highest BCUT2D eigenvalue weighted by atomic mass is 35.5. The number of nitrogens with zero attached hydrogens (tertiary/aromatic N) is 6. The van der Waals surface area contributed by atoms with E-state index in [9.17, 15) is 0 Å². The average molecular weight is 331 g/mol. The maximum atomic E-state index is 6.09. The van der Waals surface area contributed by atoms with Crippen molar-refractivity contribution in [2.45, 2.75) is 38.8 Å². The smallest absolute Gasteiger partial charge is 0.185 e. The Morgan fingerprint density at radius 1 is 1.04 bits per heavy atom. The van der Waals surface area contributed by atoms with Gasteiger partial charge in [0.05, 0.1) is 5.39 Å². The summed E-state index contributed by atoms with van der Waals surface area (Å²) in [4.78, 5) is 8.18. The molecule has 0 unspecified atom stereocenters. The molecule has 3 aromatic heterocycles. The van der Waals surface area contributed by atoms with Crippen LogP contribution in [-0.4, -0.2) is 29.5 Å². The molecule has 120 valence electrons. The zero-order valence-corrected chi connectivity index (χ0v) is 13.6. The molecule has 3 heterocycles. The Balaban J connectivity index is 1.36. The molecule has 0 radical (unpaired) electrons. The number of fused-ring (bicyclic) bond motifs is 1. The minimum atomic E-state index is 0.476. The van der Waals surface area contributed by atoms with E-state index in [0.717, 1.165) is 24.4 Å². The zero-order chi connectivity index (χ0) is 15.6. The van der Waals surface area contributed by atoms with Gasteiger partial charge in [0, 0.05) is 31.7 Å². The van der Waals surface area contributed by atoms with Crippen LogP contribution >= 0.6 is 11.6 Å². The Kier molecular flexibility index (Phi) is 3.99. The first-order chi connectivity index (χ1) is 11.3. The minimum Gasteiger partial charge on any atom is -0.272 e. The molecule has 1 aliphatic rings. The molecule has 0 atom stereocenters. The van der Waals surface area contributed by atoms with E-state index < -0.39 is 0 Å². The maximum absolute atomic E-state index is 6.09. The van der Waals surface area contributed by atoms with Crippen LogP contribution in [0.3, 0.4) is 0 Å². The SMILES string of the molecule is Clc1ncnc2nn(C[C@H]3CC[C@H](Cn4cccn4)CC3)cc12. The van der Waals surface area contributed by atoms with E-state index in [1.807, 2.05) is 34.0 Å². The number of halogens is 1. The average Bonchev–Trinajstić information content (AvgIpc) is 3.19. The van der Waals surface area contributed by atoms with Crippen LogP contribution in [0.5, 0.6) is 0 Å². The Labute approximate surface area is 139 Å². The van der Waals surface area contributed by atoms with Crippen LogP contribution in [0.2, 0.25) is 5.15 Å². The number of hydrogen-bond acceptors (Lipinski definition) is 4. The number of hydrogen-bond donors (Lipinski definition) is 0. The van der Waals surface area contributed by atoms with Gasteiger partial charge in [0.1, 0.15) is 11.5 Å². The highest BCUT2D eigenvalue weighted by Crippen LogP contribution is 2.31. The lowest BCUT2D eigenvalue weighted by atomic mass is 9.82. The Hall–Kier alpha value is -1.95. The summed E-state index contributed by atoms with van der Waals surface area (Å²) in [6.07, 6.45) is 12.3. The Morgan fingerprint density at radius 3 is 2.43 bits per heavy atom. The van der Waals surface area contributed by atoms with Gasteiger partial charge >= 0.3 is 0 Å². The standard InChI is InChI=1S/C16H19ClN6/c17-15-14-10-23(21-16(14)19-11-18-15)9-13-4-2-12(3-5-13)8-22-7-1-6-20-22/h1,6-7,10-13H,2-5,8-9H2/t12-,13-. The predicted octanol–water partition coefficient (Wildman–Crippen LogP) is 3.18. The van der Waals surface area contributed by atoms with Gasteiger partial charge in [-0.2, -0.15) is 10.2 Å². The van der Waals surface area contributed by atoms with Crippen LogP contribution in [0.1, 0.15) is 25.7 Å². The second kappa shape index (κ2) is 6.28. The molecule has 23 heavy (non-hydrogen) atoms. The van der Waals surface area contributed by atoms with Crippen LogP contribution in [-0.2, 0) is 13.1 Å². The third kappa shape index (κ3) is 3.22. The molecule has 6 nitrogen and oxygen atoms in total. The quantitative estimate of drug-likeness (QED) is 0.689. The fourth-order valence-electron chi connectivity index (χ4n) is 3.48. The van der Waals surface area contributed by atoms with E-state index in [4.69, 9.17) is 11.6 Å². The van der Waals surface area contributed by atoms with Crippen molar-refractivity contribution in [1.29, 1.82) is 0 Å². The molecular weight excluding hydrogens is 312 g/mol. The van der Waals surface area contributed by atoms with Gasteiger partial charge in [0.25, 0.3) is 0 Å². The zero-order valence-electron chi connectivity index (χ0n) is 12.8. The summed E-state index contributed by atoms with van der Waals surface area (Å²) in [5, 5.41) is 10.1. The first-order valence-electron chi connectivity index (χ1n) is 8.09. The van der Waals surface area contributed by atoms with E-state index in [0.29, 0.717) is 16.7 Å². The van der Waals surface area contributed by atoms with Gasteiger partial charge in [0.2, 0.25) is 0 Å². The van der Waals surface area contributed by atoms with Crippen molar-refractivity contribution in [2.75, 3.05) is 0 Å². The van der Waals surface area contributed by atoms with Crippen molar-refractivity contribution >= 4 is 22.6 Å². The largest absolute Gasteiger partial charge is 0.272 e. The maximum Gasteiger partial charge on any atom is 0.185 e. The van der Waals surface area contributed by atoms with Gasteiger partial charge < -0.3 is 0 Å². The van der Waals surface area contributed by atoms with Crippen molar-refractivity contribution in [3.8, 4) is 0 Å². The van der Waals surface area contributed by atoms with Crippen LogP contribution in [0.25, 0.3) is 11.0 Å². The van der Waals surface area contributed by atoms with Gasteiger partial charge in [-0.3, -0.25) is 9.36 Å². The normalized spacial score (nSPS) is 21.8. The highest BCUT2D eigenvalue weighted by molar-refractivity contribution is 6.33. The van der Waals surface area contributed by atoms with E-state index in [2.05, 4.69) is 20.2 Å². The summed E-state index contributed by atoms with van der Waals surface area (Å²) >= 11 is 6.09. The molecule has 1 aliphatic carbocycles. The molecule has 0 spiro atoms. The Morgan fingerprint density at radius 2 is 1.78 bits per heavy atom. The molecular formula is C16H19ClN6. The molecule has 3 aromatic rings. The van der Waals surface area contributed by atoms with Crippen molar-refractivity contribution in [3.05, 3.63) is 36.1 Å². The van der Waals surface area contributed by atoms with Crippen molar-refractivity contribution in [1.82, 2.24) is 29.5 Å². The molecule has 7 heteroatoms. The van der Waals surface area contributed by atoms with Gasteiger partial charge in [-0.25, -0.2) is 9.97 Å². The summed E-state index contributed by atoms with van der Waals surface area (Å²) in [6, 6.07) is 1.99. The van der Waals surface area contributed by atoms with Gasteiger partial charge in [-0.15, -0.1) is 0 Å². The fourth-order valence-corrected chi connectivity index (χ4v) is 3.66. The molecule has 0 bridgehead atoms. The first-order valence-corrected chi connectivity index (χ1v) is 8.47. The van der Waals surface area contributed by atoms with Crippen molar-refractivity contribution in [2.24, 2.45) is 11.8 Å². The fraction of sp³-hybridized carbons (Fsp3) is 0.500. The second-order valence-corrected chi connectivity index (χ2v) is 6.73. The van der Waals surface area contributed by atoms with Crippen LogP contribution in [0, 0.1) is 11.8 Å². The van der Waals surface area contributed by atoms with Crippen LogP contribution < -0.4 is 0 Å². The van der Waals surface area contributed by atoms with Gasteiger partial charge in [-0.05, 0) is 43.6 Å². The lowest BCUT2D eigenvalue weighted by molar-refractivity contribution is 0.224. The predicted molar refractivity (Wildman–Crippen MR) is 88.0 cm³/mol. The molecule has 1 fully saturated rings. The molecule has 0 amide bonds. The van der Waals surface area contributed by atoms with Crippen molar-refractivity contribution in [3.63, 3.8) is 0 Å². The summed E-state index contributed by atoms with van der Waals surface area (Å²) in [5.41, 5.74) is 0.678. The van der Waals surface area contributed by atoms with Crippen LogP contribution in [0.15, 0.2) is 31.0 Å². The van der Waals surface area contributed by atoms with Gasteiger partial charge in [-0.1, -0.05) is 11.6 Å². The minimum absolute atomic E-state index is 0.476. The van der Waals surface area contributed by atoms with Gasteiger partial charge in [0.15, 0.2) is 5.65 Å². The number of aromatic nitrogens is 6. The number of rotatable bonds is 4. The molecule has 0 N–H and O–H groups in total. The van der Waals surface area contributed by atoms with E-state index in [1.54, 1.807) is 0 Å². The first kappa shape index (κ1) is 14.6. The highest BCUT2D eigenvalue weighted by Gasteiger charge is 2.22. The van der Waals surface area contributed by atoms with E-state index in [-0.39, 0.29) is 0 Å². The molecule has 1 saturated carbocycles. The van der Waals surface area contributed by atoms with E-state index >= 15 is 0 Å². The third-order valence-corrected chi connectivity index (χ3v) is 5.03. The molecule has 0 aliphatic heterocycles. The molecule has 4 rings (SSSR count). The summed E-state index contributed by atoms with van der Waals surface area (Å²) in [5.74, 6) is 1.41. The lowest BCUT2D eigenvalue weighted by Crippen LogP contribution is -2.22. The lowest BCUT2D eigenvalue weighted by Gasteiger charge is -2.28. The molecule has 0 saturated heterocycles. The van der Waals surface area contributed by atoms with Crippen molar-refractivity contribution < 1.29 is 0 Å². The van der Waals surface area contributed by atoms with E-state index in [1.165, 1.54) is 32.0 Å². The summed E-state index contributed by atoms with van der Waals surface area (Å²) in [7, 11) is 0. The monoisotopic (exact) mass is 330 g/mol. The Bertz CT molecular complexity index is 773. The summed E-state index contributed by atoms with van der Waals surface area (Å²) in [6.45, 7) is 1.97. The second-order valence-electron chi connectivity index (χ2n) is 6.37. The van der Waals surface area contributed by atoms with Crippen LogP contribution in [0.4, 0.5) is 0 Å². The third-order valence-electron chi connectivity index (χ3n) is 4.73.